The summed E-state index contributed by atoms with van der Waals surface area (Å²) in [6.45, 7) is 6.02. The van der Waals surface area contributed by atoms with Crippen molar-refractivity contribution in [1.82, 2.24) is 4.98 Å². The molecule has 1 saturated carbocycles. The number of aromatic nitrogens is 1. The molecule has 0 radical (unpaired) electrons. The van der Waals surface area contributed by atoms with Crippen LogP contribution in [0.5, 0.6) is 0 Å². The third-order valence-corrected chi connectivity index (χ3v) is 6.55. The summed E-state index contributed by atoms with van der Waals surface area (Å²) < 4.78 is 4.94. The molecule has 1 aromatic carbocycles. The molecule has 1 fully saturated rings. The number of ether oxygens (including phenoxy) is 1. The fourth-order valence-electron chi connectivity index (χ4n) is 4.08. The minimum absolute atomic E-state index is 0.202. The highest BCUT2D eigenvalue weighted by molar-refractivity contribution is 7.15. The van der Waals surface area contributed by atoms with Crippen molar-refractivity contribution in [2.24, 2.45) is 11.3 Å². The summed E-state index contributed by atoms with van der Waals surface area (Å²) >= 11 is 1.49. The molecule has 0 unspecified atom stereocenters. The number of hydrogen-bond donors (Lipinski definition) is 2. The highest BCUT2D eigenvalue weighted by Crippen LogP contribution is 2.51. The molecule has 0 amide bonds. The van der Waals surface area contributed by atoms with Crippen molar-refractivity contribution in [3.63, 3.8) is 0 Å². The fraction of sp³-hybridized carbons (Fsp3) is 0.500. The molecule has 2 aromatic rings. The van der Waals surface area contributed by atoms with Crippen LogP contribution in [0.15, 0.2) is 24.4 Å². The van der Waals surface area contributed by atoms with E-state index >= 15 is 0 Å². The molecule has 26 heavy (non-hydrogen) atoms. The highest BCUT2D eigenvalue weighted by atomic mass is 32.1. The highest BCUT2D eigenvalue weighted by Gasteiger charge is 2.49. The van der Waals surface area contributed by atoms with Gasteiger partial charge in [0.25, 0.3) is 0 Å². The number of nitrogens with two attached hydrogens (primary N) is 1. The van der Waals surface area contributed by atoms with Gasteiger partial charge >= 0.3 is 5.97 Å². The van der Waals surface area contributed by atoms with Gasteiger partial charge in [0.2, 0.25) is 0 Å². The number of methoxy groups -OCH3 is 1. The third-order valence-electron chi connectivity index (χ3n) is 5.31. The van der Waals surface area contributed by atoms with Crippen LogP contribution in [-0.2, 0) is 15.1 Å². The van der Waals surface area contributed by atoms with E-state index in [0.717, 1.165) is 16.0 Å². The van der Waals surface area contributed by atoms with Gasteiger partial charge in [0.15, 0.2) is 0 Å². The molecule has 6 heteroatoms. The molecule has 0 aliphatic heterocycles. The first-order valence-electron chi connectivity index (χ1n) is 8.79. The molecule has 0 spiro atoms. The Kier molecular flexibility index (Phi) is 4.84. The number of hydrogen-bond acceptors (Lipinski definition) is 6. The zero-order valence-electron chi connectivity index (χ0n) is 15.7. The SMILES string of the molecule is COC(=O)[C@@H]1CC[C@@](O)(c2ncc(-c3cc(C)cc(N)c3)s2)CC1(C)C. The lowest BCUT2D eigenvalue weighted by Gasteiger charge is -2.44. The number of carbonyl (C=O) groups is 1. The Morgan fingerprint density at radius 1 is 1.38 bits per heavy atom. The van der Waals surface area contributed by atoms with Gasteiger partial charge in [-0.1, -0.05) is 19.9 Å². The maximum absolute atomic E-state index is 12.1. The number of benzene rings is 1. The van der Waals surface area contributed by atoms with Crippen LogP contribution >= 0.6 is 11.3 Å². The normalized spacial score (nSPS) is 25.0. The number of nitrogen functional groups attached to an aromatic ring is 1. The first-order valence-corrected chi connectivity index (χ1v) is 9.60. The Bertz CT molecular complexity index is 810. The summed E-state index contributed by atoms with van der Waals surface area (Å²) in [5.41, 5.74) is 7.39. The van der Waals surface area contributed by atoms with Gasteiger partial charge in [-0.2, -0.15) is 0 Å². The molecular formula is C20H26N2O3S. The first kappa shape index (κ1) is 18.9. The average molecular weight is 375 g/mol. The van der Waals surface area contributed by atoms with Crippen LogP contribution in [0.3, 0.4) is 0 Å². The Balaban J connectivity index is 1.88. The van der Waals surface area contributed by atoms with Crippen LogP contribution in [0, 0.1) is 18.3 Å². The smallest absolute Gasteiger partial charge is 0.309 e. The lowest BCUT2D eigenvalue weighted by atomic mass is 9.63. The predicted molar refractivity (Wildman–Crippen MR) is 104 cm³/mol. The second kappa shape index (κ2) is 6.67. The van der Waals surface area contributed by atoms with E-state index in [1.807, 2.05) is 32.9 Å². The van der Waals surface area contributed by atoms with Crippen LogP contribution in [-0.4, -0.2) is 23.2 Å². The number of aryl methyl sites for hydroxylation is 1. The zero-order valence-corrected chi connectivity index (χ0v) is 16.5. The predicted octanol–water partition coefficient (Wildman–Crippen LogP) is 3.89. The molecule has 0 saturated heterocycles. The lowest BCUT2D eigenvalue weighted by molar-refractivity contribution is -0.157. The number of esters is 1. The summed E-state index contributed by atoms with van der Waals surface area (Å²) in [5, 5.41) is 12.0. The van der Waals surface area contributed by atoms with Crippen molar-refractivity contribution < 1.29 is 14.6 Å². The second-order valence-corrected chi connectivity index (χ2v) is 9.00. The van der Waals surface area contributed by atoms with Crippen molar-refractivity contribution in [2.45, 2.75) is 45.6 Å². The summed E-state index contributed by atoms with van der Waals surface area (Å²) in [7, 11) is 1.42. The van der Waals surface area contributed by atoms with E-state index in [0.29, 0.717) is 30.0 Å². The fourth-order valence-corrected chi connectivity index (χ4v) is 5.10. The van der Waals surface area contributed by atoms with Crippen LogP contribution in [0.2, 0.25) is 0 Å². The second-order valence-electron chi connectivity index (χ2n) is 7.97. The van der Waals surface area contributed by atoms with Gasteiger partial charge in [0.1, 0.15) is 10.6 Å². The molecule has 1 heterocycles. The van der Waals surface area contributed by atoms with Gasteiger partial charge in [-0.25, -0.2) is 4.98 Å². The van der Waals surface area contributed by atoms with Crippen LogP contribution in [0.4, 0.5) is 5.69 Å². The van der Waals surface area contributed by atoms with E-state index in [1.54, 1.807) is 6.20 Å². The topological polar surface area (TPSA) is 85.4 Å². The van der Waals surface area contributed by atoms with Crippen molar-refractivity contribution in [3.05, 3.63) is 35.0 Å². The van der Waals surface area contributed by atoms with Crippen LogP contribution in [0.1, 0.15) is 43.7 Å². The van der Waals surface area contributed by atoms with Crippen molar-refractivity contribution in [2.75, 3.05) is 12.8 Å². The Hall–Kier alpha value is -1.92. The quantitative estimate of drug-likeness (QED) is 0.629. The van der Waals surface area contributed by atoms with Gasteiger partial charge in [0, 0.05) is 11.9 Å². The Labute approximate surface area is 158 Å². The molecule has 0 bridgehead atoms. The van der Waals surface area contributed by atoms with E-state index in [-0.39, 0.29) is 17.3 Å². The summed E-state index contributed by atoms with van der Waals surface area (Å²) in [6, 6.07) is 5.91. The number of thiazole rings is 1. The van der Waals surface area contributed by atoms with Gasteiger partial charge in [-0.05, 0) is 54.9 Å². The van der Waals surface area contributed by atoms with E-state index in [4.69, 9.17) is 10.5 Å². The molecular weight excluding hydrogens is 348 g/mol. The summed E-state index contributed by atoms with van der Waals surface area (Å²) in [5.74, 6) is -0.407. The molecule has 1 aromatic heterocycles. The molecule has 3 rings (SSSR count). The first-order chi connectivity index (χ1) is 12.1. The number of rotatable bonds is 3. The standard InChI is InChI=1S/C20H26N2O3S/c1-12-7-13(9-14(21)8-12)16-10-22-18(26-16)20(24)6-5-15(17(23)25-4)19(2,3)11-20/h7-10,15,24H,5-6,11,21H2,1-4H3/t15-,20-/m0/s1. The zero-order chi connectivity index (χ0) is 19.1. The maximum Gasteiger partial charge on any atom is 0.309 e. The molecule has 140 valence electrons. The van der Waals surface area contributed by atoms with Gasteiger partial charge in [-0.15, -0.1) is 11.3 Å². The summed E-state index contributed by atoms with van der Waals surface area (Å²) in [6.07, 6.45) is 3.36. The average Bonchev–Trinajstić information content (AvgIpc) is 3.03. The van der Waals surface area contributed by atoms with Gasteiger partial charge in [0.05, 0.1) is 17.9 Å². The monoisotopic (exact) mass is 374 g/mol. The lowest BCUT2D eigenvalue weighted by Crippen LogP contribution is -2.45. The number of nitrogens with zero attached hydrogens (tertiary/aromatic N) is 1. The number of carbonyl (C=O) groups excluding carboxylic acids is 1. The van der Waals surface area contributed by atoms with Gasteiger partial charge < -0.3 is 15.6 Å². The number of anilines is 1. The molecule has 1 aliphatic rings. The van der Waals surface area contributed by atoms with Crippen LogP contribution in [0.25, 0.3) is 10.4 Å². The third kappa shape index (κ3) is 3.48. The Morgan fingerprint density at radius 2 is 2.12 bits per heavy atom. The van der Waals surface area contributed by atoms with E-state index in [9.17, 15) is 9.90 Å². The van der Waals surface area contributed by atoms with Gasteiger partial charge in [-0.3, -0.25) is 4.79 Å². The van der Waals surface area contributed by atoms with E-state index in [2.05, 4.69) is 11.1 Å². The van der Waals surface area contributed by atoms with Crippen LogP contribution < -0.4 is 5.73 Å². The minimum atomic E-state index is -1.02. The largest absolute Gasteiger partial charge is 0.469 e. The number of aliphatic hydroxyl groups is 1. The molecule has 1 aliphatic carbocycles. The molecule has 3 N–H and O–H groups in total. The van der Waals surface area contributed by atoms with E-state index < -0.39 is 5.60 Å². The Morgan fingerprint density at radius 3 is 2.73 bits per heavy atom. The van der Waals surface area contributed by atoms with Crippen molar-refractivity contribution in [1.29, 1.82) is 0 Å². The minimum Gasteiger partial charge on any atom is -0.469 e. The maximum atomic E-state index is 12.1. The summed E-state index contributed by atoms with van der Waals surface area (Å²) in [4.78, 5) is 17.6. The van der Waals surface area contributed by atoms with Crippen molar-refractivity contribution in [3.8, 4) is 10.4 Å². The van der Waals surface area contributed by atoms with E-state index in [1.165, 1.54) is 18.4 Å². The van der Waals surface area contributed by atoms with Crippen molar-refractivity contribution >= 4 is 23.0 Å². The molecule has 5 nitrogen and oxygen atoms in total. The molecule has 2 atom stereocenters.